The van der Waals surface area contributed by atoms with Gasteiger partial charge in [0.25, 0.3) is 0 Å². The van der Waals surface area contributed by atoms with Gasteiger partial charge in [-0.2, -0.15) is 13.2 Å². The van der Waals surface area contributed by atoms with Crippen molar-refractivity contribution in [1.29, 1.82) is 0 Å². The number of alkyl halides is 3. The standard InChI is InChI=1S/C16H19F3N2O2/c1-9(2)12-14(22-3)21-13(15(20-12)23-4)10-6-5-7-11(8-10)16(17,18)19/h5-9,12-13H,1-4H3/t12-,13-/m1/s1. The SMILES string of the molecule is COC1=N[C@H](C(C)C)C(OC)=N[C@@H]1c1cccc(C(F)(F)F)c1. The van der Waals surface area contributed by atoms with Crippen LogP contribution in [-0.4, -0.2) is 32.1 Å². The van der Waals surface area contributed by atoms with Gasteiger partial charge in [0, 0.05) is 0 Å². The normalized spacial score (nSPS) is 21.7. The van der Waals surface area contributed by atoms with Gasteiger partial charge in [-0.1, -0.05) is 26.0 Å². The van der Waals surface area contributed by atoms with E-state index in [1.807, 2.05) is 13.8 Å². The van der Waals surface area contributed by atoms with Crippen LogP contribution in [0.25, 0.3) is 0 Å². The Balaban J connectivity index is 2.46. The second-order valence-electron chi connectivity index (χ2n) is 5.56. The third-order valence-electron chi connectivity index (χ3n) is 3.59. The second-order valence-corrected chi connectivity index (χ2v) is 5.56. The van der Waals surface area contributed by atoms with Crippen LogP contribution in [0.15, 0.2) is 34.3 Å². The predicted octanol–water partition coefficient (Wildman–Crippen LogP) is 3.87. The van der Waals surface area contributed by atoms with Gasteiger partial charge < -0.3 is 9.47 Å². The molecule has 0 spiro atoms. The molecule has 0 aliphatic carbocycles. The molecule has 1 heterocycles. The molecule has 4 nitrogen and oxygen atoms in total. The molecule has 0 aromatic heterocycles. The van der Waals surface area contributed by atoms with Crippen molar-refractivity contribution < 1.29 is 22.6 Å². The maximum absolute atomic E-state index is 12.9. The number of aliphatic imine (C=N–C) groups is 2. The summed E-state index contributed by atoms with van der Waals surface area (Å²) >= 11 is 0. The average molecular weight is 328 g/mol. The summed E-state index contributed by atoms with van der Waals surface area (Å²) in [5.41, 5.74) is -0.372. The summed E-state index contributed by atoms with van der Waals surface area (Å²) < 4.78 is 49.2. The lowest BCUT2D eigenvalue weighted by atomic mass is 9.99. The van der Waals surface area contributed by atoms with Gasteiger partial charge >= 0.3 is 6.18 Å². The van der Waals surface area contributed by atoms with Gasteiger partial charge in [-0.05, 0) is 23.6 Å². The van der Waals surface area contributed by atoms with E-state index in [1.54, 1.807) is 6.07 Å². The van der Waals surface area contributed by atoms with Crippen molar-refractivity contribution in [2.45, 2.75) is 32.1 Å². The third-order valence-corrected chi connectivity index (χ3v) is 3.59. The molecule has 23 heavy (non-hydrogen) atoms. The molecule has 2 rings (SSSR count). The van der Waals surface area contributed by atoms with Gasteiger partial charge in [-0.3, -0.25) is 0 Å². The number of halogens is 3. The Labute approximate surface area is 133 Å². The first-order valence-corrected chi connectivity index (χ1v) is 7.18. The van der Waals surface area contributed by atoms with Crippen LogP contribution in [0.4, 0.5) is 13.2 Å². The third kappa shape index (κ3) is 3.65. The molecule has 1 aliphatic rings. The fourth-order valence-electron chi connectivity index (χ4n) is 2.40. The zero-order valence-electron chi connectivity index (χ0n) is 13.4. The topological polar surface area (TPSA) is 43.2 Å². The number of methoxy groups -OCH3 is 2. The lowest BCUT2D eigenvalue weighted by molar-refractivity contribution is -0.137. The summed E-state index contributed by atoms with van der Waals surface area (Å²) in [6.45, 7) is 3.92. The number of ether oxygens (including phenoxy) is 2. The monoisotopic (exact) mass is 328 g/mol. The lowest BCUT2D eigenvalue weighted by Gasteiger charge is -2.27. The molecule has 126 valence electrons. The smallest absolute Gasteiger partial charge is 0.416 e. The van der Waals surface area contributed by atoms with Crippen molar-refractivity contribution in [2.24, 2.45) is 15.9 Å². The molecule has 0 fully saturated rings. The first-order chi connectivity index (χ1) is 10.8. The van der Waals surface area contributed by atoms with Crippen LogP contribution in [0.2, 0.25) is 0 Å². The van der Waals surface area contributed by atoms with Gasteiger partial charge in [0.15, 0.2) is 6.04 Å². The van der Waals surface area contributed by atoms with Crippen LogP contribution in [0.5, 0.6) is 0 Å². The number of benzene rings is 1. The Kier molecular flexibility index (Phi) is 4.97. The molecular formula is C16H19F3N2O2. The summed E-state index contributed by atoms with van der Waals surface area (Å²) in [5, 5.41) is 0. The van der Waals surface area contributed by atoms with Crippen molar-refractivity contribution in [3.63, 3.8) is 0 Å². The fourth-order valence-corrected chi connectivity index (χ4v) is 2.40. The Morgan fingerprint density at radius 3 is 2.22 bits per heavy atom. The first kappa shape index (κ1) is 17.3. The summed E-state index contributed by atoms with van der Waals surface area (Å²) in [6, 6.07) is 3.95. The molecule has 0 saturated heterocycles. The van der Waals surface area contributed by atoms with E-state index in [2.05, 4.69) is 9.98 Å². The van der Waals surface area contributed by atoms with Gasteiger partial charge in [0.2, 0.25) is 11.8 Å². The Morgan fingerprint density at radius 2 is 1.70 bits per heavy atom. The van der Waals surface area contributed by atoms with Gasteiger partial charge in [0.1, 0.15) is 6.04 Å². The molecule has 1 aromatic carbocycles. The second kappa shape index (κ2) is 6.60. The van der Waals surface area contributed by atoms with Gasteiger partial charge in [-0.15, -0.1) is 0 Å². The van der Waals surface area contributed by atoms with E-state index >= 15 is 0 Å². The summed E-state index contributed by atoms with van der Waals surface area (Å²) in [4.78, 5) is 8.88. The first-order valence-electron chi connectivity index (χ1n) is 7.18. The number of hydrogen-bond acceptors (Lipinski definition) is 4. The van der Waals surface area contributed by atoms with E-state index in [-0.39, 0.29) is 17.9 Å². The van der Waals surface area contributed by atoms with Crippen LogP contribution in [0, 0.1) is 5.92 Å². The quantitative estimate of drug-likeness (QED) is 0.827. The van der Waals surface area contributed by atoms with E-state index < -0.39 is 17.8 Å². The Bertz CT molecular complexity index is 624. The lowest BCUT2D eigenvalue weighted by Crippen LogP contribution is -2.34. The van der Waals surface area contributed by atoms with E-state index in [9.17, 15) is 13.2 Å². The highest BCUT2D eigenvalue weighted by Gasteiger charge is 2.34. The molecule has 0 saturated carbocycles. The maximum Gasteiger partial charge on any atom is 0.416 e. The van der Waals surface area contributed by atoms with Crippen molar-refractivity contribution in [1.82, 2.24) is 0 Å². The zero-order chi connectivity index (χ0) is 17.2. The highest BCUT2D eigenvalue weighted by Crippen LogP contribution is 2.33. The minimum Gasteiger partial charge on any atom is -0.483 e. The minimum absolute atomic E-state index is 0.126. The van der Waals surface area contributed by atoms with Crippen molar-refractivity contribution >= 4 is 11.8 Å². The zero-order valence-corrected chi connectivity index (χ0v) is 13.4. The van der Waals surface area contributed by atoms with Crippen LogP contribution >= 0.6 is 0 Å². The molecule has 1 aromatic rings. The number of rotatable bonds is 2. The molecular weight excluding hydrogens is 309 g/mol. The highest BCUT2D eigenvalue weighted by molar-refractivity contribution is 5.94. The number of nitrogens with zero attached hydrogens (tertiary/aromatic N) is 2. The van der Waals surface area contributed by atoms with Crippen LogP contribution < -0.4 is 0 Å². The van der Waals surface area contributed by atoms with Gasteiger partial charge in [-0.25, -0.2) is 9.98 Å². The fraction of sp³-hybridized carbons (Fsp3) is 0.500. The van der Waals surface area contributed by atoms with Crippen molar-refractivity contribution in [3.8, 4) is 0 Å². The largest absolute Gasteiger partial charge is 0.483 e. The molecule has 0 radical (unpaired) electrons. The van der Waals surface area contributed by atoms with Crippen LogP contribution in [0.1, 0.15) is 31.0 Å². The summed E-state index contributed by atoms with van der Waals surface area (Å²) in [6.07, 6.45) is -4.41. The predicted molar refractivity (Wildman–Crippen MR) is 81.7 cm³/mol. The van der Waals surface area contributed by atoms with Gasteiger partial charge in [0.05, 0.1) is 19.8 Å². The maximum atomic E-state index is 12.9. The molecule has 0 bridgehead atoms. The summed E-state index contributed by atoms with van der Waals surface area (Å²) in [5.74, 6) is 0.799. The van der Waals surface area contributed by atoms with E-state index in [4.69, 9.17) is 9.47 Å². The summed E-state index contributed by atoms with van der Waals surface area (Å²) in [7, 11) is 2.91. The van der Waals surface area contributed by atoms with E-state index in [0.29, 0.717) is 11.5 Å². The van der Waals surface area contributed by atoms with E-state index in [0.717, 1.165) is 12.1 Å². The molecule has 1 aliphatic heterocycles. The molecule has 0 amide bonds. The van der Waals surface area contributed by atoms with Crippen LogP contribution in [-0.2, 0) is 15.7 Å². The molecule has 0 unspecified atom stereocenters. The Morgan fingerprint density at radius 1 is 1.04 bits per heavy atom. The molecule has 2 atom stereocenters. The van der Waals surface area contributed by atoms with Crippen LogP contribution in [0.3, 0.4) is 0 Å². The Hall–Kier alpha value is -2.05. The number of hydrogen-bond donors (Lipinski definition) is 0. The highest BCUT2D eigenvalue weighted by atomic mass is 19.4. The van der Waals surface area contributed by atoms with Crippen molar-refractivity contribution in [3.05, 3.63) is 35.4 Å². The minimum atomic E-state index is -4.41. The van der Waals surface area contributed by atoms with Crippen molar-refractivity contribution in [2.75, 3.05) is 14.2 Å². The van der Waals surface area contributed by atoms with E-state index in [1.165, 1.54) is 20.3 Å². The molecule has 7 heteroatoms. The average Bonchev–Trinajstić information content (AvgIpc) is 2.52. The molecule has 0 N–H and O–H groups in total.